The number of nitrogens with one attached hydrogen (secondary N) is 3. The van der Waals surface area contributed by atoms with Crippen molar-refractivity contribution >= 4 is 17.4 Å². The van der Waals surface area contributed by atoms with E-state index >= 15 is 0 Å². The van der Waals surface area contributed by atoms with Crippen molar-refractivity contribution in [2.45, 2.75) is 25.8 Å². The lowest BCUT2D eigenvalue weighted by Gasteiger charge is -2.33. The van der Waals surface area contributed by atoms with E-state index in [0.717, 1.165) is 36.3 Å². The van der Waals surface area contributed by atoms with Crippen LogP contribution in [0.1, 0.15) is 19.8 Å². The van der Waals surface area contributed by atoms with Gasteiger partial charge in [-0.25, -0.2) is 4.98 Å². The Bertz CT molecular complexity index is 890. The van der Waals surface area contributed by atoms with Gasteiger partial charge in [0.05, 0.1) is 0 Å². The first kappa shape index (κ1) is 18.7. The monoisotopic (exact) mass is 367 g/mol. The minimum atomic E-state index is -0.168. The topological polar surface area (TPSA) is 90.1 Å². The minimum Gasteiger partial charge on any atom is -0.376 e. The van der Waals surface area contributed by atoms with Crippen molar-refractivity contribution in [3.8, 4) is 11.1 Å². The van der Waals surface area contributed by atoms with E-state index in [4.69, 9.17) is 0 Å². The van der Waals surface area contributed by atoms with Gasteiger partial charge in [-0.05, 0) is 49.6 Å². The van der Waals surface area contributed by atoms with E-state index in [-0.39, 0.29) is 17.5 Å². The number of carbonyl (C=O) groups excluding carboxylic acids is 1. The molecule has 3 N–H and O–H groups in total. The molecule has 0 aliphatic carbocycles. The van der Waals surface area contributed by atoms with Crippen LogP contribution in [0, 0.1) is 0 Å². The van der Waals surface area contributed by atoms with Crippen LogP contribution in [0.2, 0.25) is 0 Å². The molecular weight excluding hydrogens is 342 g/mol. The molecule has 0 bridgehead atoms. The van der Waals surface area contributed by atoms with Gasteiger partial charge in [-0.2, -0.15) is 0 Å². The molecule has 2 aromatic heterocycles. The summed E-state index contributed by atoms with van der Waals surface area (Å²) in [5.74, 6) is 0.779. The number of likely N-dealkylation sites (tertiary alicyclic amines) is 1. The number of anilines is 2. The normalized spacial score (nSPS) is 17.1. The summed E-state index contributed by atoms with van der Waals surface area (Å²) in [6.07, 6.45) is 8.59. The largest absolute Gasteiger partial charge is 0.376 e. The maximum Gasteiger partial charge on any atom is 0.271 e. The van der Waals surface area contributed by atoms with Gasteiger partial charge in [0.1, 0.15) is 11.5 Å². The number of allylic oxidation sites excluding steroid dienone is 1. The summed E-state index contributed by atoms with van der Waals surface area (Å²) in [7, 11) is 1.82. The summed E-state index contributed by atoms with van der Waals surface area (Å²) < 4.78 is 0. The summed E-state index contributed by atoms with van der Waals surface area (Å²) in [5, 5.41) is 6.33. The molecule has 0 spiro atoms. The fourth-order valence-corrected chi connectivity index (χ4v) is 3.27. The van der Waals surface area contributed by atoms with Gasteiger partial charge in [0.15, 0.2) is 0 Å². The highest BCUT2D eigenvalue weighted by atomic mass is 16.2. The van der Waals surface area contributed by atoms with Gasteiger partial charge in [0.25, 0.3) is 5.56 Å². The Morgan fingerprint density at radius 1 is 1.37 bits per heavy atom. The second-order valence-electron chi connectivity index (χ2n) is 6.58. The van der Waals surface area contributed by atoms with Crippen LogP contribution in [0.15, 0.2) is 47.5 Å². The Balaban J connectivity index is 1.78. The van der Waals surface area contributed by atoms with Crippen LogP contribution in [0.5, 0.6) is 0 Å². The van der Waals surface area contributed by atoms with Gasteiger partial charge in [-0.1, -0.05) is 6.08 Å². The zero-order valence-electron chi connectivity index (χ0n) is 15.7. The van der Waals surface area contributed by atoms with Gasteiger partial charge in [-0.3, -0.25) is 9.59 Å². The lowest BCUT2D eigenvalue weighted by Crippen LogP contribution is -2.45. The summed E-state index contributed by atoms with van der Waals surface area (Å²) in [6, 6.07) is 5.72. The lowest BCUT2D eigenvalue weighted by molar-refractivity contribution is -0.127. The molecule has 1 unspecified atom stereocenters. The predicted molar refractivity (Wildman–Crippen MR) is 108 cm³/mol. The van der Waals surface area contributed by atoms with Gasteiger partial charge < -0.3 is 20.5 Å². The fraction of sp³-hybridized carbons (Fsp3) is 0.350. The van der Waals surface area contributed by atoms with Crippen molar-refractivity contribution in [3.63, 3.8) is 0 Å². The van der Waals surface area contributed by atoms with Crippen molar-refractivity contribution in [3.05, 3.63) is 53.1 Å². The molecule has 3 rings (SSSR count). The molecule has 3 heterocycles. The lowest BCUT2D eigenvalue weighted by atomic mass is 10.0. The van der Waals surface area contributed by atoms with E-state index in [9.17, 15) is 9.59 Å². The number of amides is 1. The van der Waals surface area contributed by atoms with Crippen molar-refractivity contribution in [1.82, 2.24) is 14.9 Å². The molecule has 1 amide bonds. The Morgan fingerprint density at radius 2 is 2.22 bits per heavy atom. The highest BCUT2D eigenvalue weighted by Gasteiger charge is 2.23. The van der Waals surface area contributed by atoms with Crippen molar-refractivity contribution in [2.75, 3.05) is 30.8 Å². The van der Waals surface area contributed by atoms with Gasteiger partial charge >= 0.3 is 0 Å². The van der Waals surface area contributed by atoms with Crippen LogP contribution in [0.25, 0.3) is 11.1 Å². The number of H-pyrrole nitrogens is 1. The van der Waals surface area contributed by atoms with E-state index in [1.54, 1.807) is 24.5 Å². The van der Waals surface area contributed by atoms with Crippen LogP contribution in [-0.4, -0.2) is 47.0 Å². The standard InChI is InChI=1S/C20H25N5O2/c1-3-5-19(26)25-9-4-6-16(13-25)24-17-10-15(12-23-20(17)27)14-7-8-22-18(11-14)21-2/h3,5,7-8,10-12,16,24H,4,6,9,13H2,1-2H3,(H,21,22)(H,23,27)/b5-3+. The van der Waals surface area contributed by atoms with E-state index in [2.05, 4.69) is 20.6 Å². The van der Waals surface area contributed by atoms with Crippen LogP contribution in [-0.2, 0) is 4.79 Å². The third-order valence-electron chi connectivity index (χ3n) is 4.65. The number of carbonyl (C=O) groups is 1. The Kier molecular flexibility index (Phi) is 5.90. The zero-order chi connectivity index (χ0) is 19.2. The number of nitrogens with zero attached hydrogens (tertiary/aromatic N) is 2. The number of pyridine rings is 2. The smallest absolute Gasteiger partial charge is 0.271 e. The number of aromatic nitrogens is 2. The number of aromatic amines is 1. The highest BCUT2D eigenvalue weighted by Crippen LogP contribution is 2.22. The molecule has 2 aromatic rings. The first-order chi connectivity index (χ1) is 13.1. The van der Waals surface area contributed by atoms with E-state index in [1.165, 1.54) is 0 Å². The molecule has 27 heavy (non-hydrogen) atoms. The quantitative estimate of drug-likeness (QED) is 0.706. The molecule has 1 saturated heterocycles. The maximum atomic E-state index is 12.3. The number of hydrogen-bond acceptors (Lipinski definition) is 5. The molecule has 0 saturated carbocycles. The second kappa shape index (κ2) is 8.53. The van der Waals surface area contributed by atoms with Gasteiger partial charge in [0.2, 0.25) is 5.91 Å². The summed E-state index contributed by atoms with van der Waals surface area (Å²) in [4.78, 5) is 33.2. The first-order valence-corrected chi connectivity index (χ1v) is 9.15. The Hall–Kier alpha value is -3.09. The predicted octanol–water partition coefficient (Wildman–Crippen LogP) is 2.46. The summed E-state index contributed by atoms with van der Waals surface area (Å²) >= 11 is 0. The number of rotatable bonds is 5. The first-order valence-electron chi connectivity index (χ1n) is 9.15. The molecule has 0 radical (unpaired) electrons. The molecule has 0 aromatic carbocycles. The fourth-order valence-electron chi connectivity index (χ4n) is 3.27. The summed E-state index contributed by atoms with van der Waals surface area (Å²) in [5.41, 5.74) is 2.20. The van der Waals surface area contributed by atoms with Crippen molar-refractivity contribution < 1.29 is 4.79 Å². The summed E-state index contributed by atoms with van der Waals surface area (Å²) in [6.45, 7) is 3.18. The molecule has 1 fully saturated rings. The van der Waals surface area contributed by atoms with E-state index in [0.29, 0.717) is 12.2 Å². The van der Waals surface area contributed by atoms with Crippen LogP contribution in [0.3, 0.4) is 0 Å². The van der Waals surface area contributed by atoms with E-state index < -0.39 is 0 Å². The van der Waals surface area contributed by atoms with Gasteiger partial charge in [-0.15, -0.1) is 0 Å². The van der Waals surface area contributed by atoms with Crippen LogP contribution < -0.4 is 16.2 Å². The van der Waals surface area contributed by atoms with Crippen molar-refractivity contribution in [2.24, 2.45) is 0 Å². The number of piperidine rings is 1. The third kappa shape index (κ3) is 4.55. The third-order valence-corrected chi connectivity index (χ3v) is 4.65. The molecular formula is C20H25N5O2. The highest BCUT2D eigenvalue weighted by molar-refractivity contribution is 5.87. The molecule has 1 aliphatic heterocycles. The van der Waals surface area contributed by atoms with E-state index in [1.807, 2.05) is 37.1 Å². The average molecular weight is 367 g/mol. The molecule has 1 aliphatic rings. The van der Waals surface area contributed by atoms with Crippen LogP contribution >= 0.6 is 0 Å². The SMILES string of the molecule is C/C=C/C(=O)N1CCCC(Nc2cc(-c3ccnc(NC)c3)c[nH]c2=O)C1. The van der Waals surface area contributed by atoms with Crippen LogP contribution in [0.4, 0.5) is 11.5 Å². The molecule has 7 heteroatoms. The number of hydrogen-bond donors (Lipinski definition) is 3. The minimum absolute atomic E-state index is 0.0167. The Morgan fingerprint density at radius 3 is 3.00 bits per heavy atom. The maximum absolute atomic E-state index is 12.3. The Labute approximate surface area is 158 Å². The molecule has 7 nitrogen and oxygen atoms in total. The molecule has 1 atom stereocenters. The average Bonchev–Trinajstić information content (AvgIpc) is 2.70. The second-order valence-corrected chi connectivity index (χ2v) is 6.58. The van der Waals surface area contributed by atoms with Gasteiger partial charge in [0, 0.05) is 44.1 Å². The van der Waals surface area contributed by atoms with Crippen molar-refractivity contribution in [1.29, 1.82) is 0 Å². The zero-order valence-corrected chi connectivity index (χ0v) is 15.7. The molecule has 142 valence electrons.